The molecule has 0 bridgehead atoms. The molecule has 0 aliphatic rings. The highest BCUT2D eigenvalue weighted by atomic mass is 16.6. The molecule has 6 heteroatoms. The Bertz CT molecular complexity index is 1270. The van der Waals surface area contributed by atoms with E-state index in [1.165, 1.54) is 109 Å². The van der Waals surface area contributed by atoms with E-state index in [4.69, 9.17) is 14.2 Å². The van der Waals surface area contributed by atoms with Crippen molar-refractivity contribution < 1.29 is 28.6 Å². The summed E-state index contributed by atoms with van der Waals surface area (Å²) in [5, 5.41) is 0. The molecule has 0 aliphatic carbocycles. The quantitative estimate of drug-likeness (QED) is 0.0262. The lowest BCUT2D eigenvalue weighted by molar-refractivity contribution is -0.167. The second-order valence-electron chi connectivity index (χ2n) is 17.8. The number of hydrogen-bond donors (Lipinski definition) is 0. The molecule has 0 N–H and O–H groups in total. The van der Waals surface area contributed by atoms with Gasteiger partial charge in [0.15, 0.2) is 6.10 Å². The van der Waals surface area contributed by atoms with E-state index in [-0.39, 0.29) is 31.1 Å². The van der Waals surface area contributed by atoms with Crippen LogP contribution in [0, 0.1) is 0 Å². The Balaban J connectivity index is 3.86. The minimum atomic E-state index is -0.766. The van der Waals surface area contributed by atoms with E-state index >= 15 is 0 Å². The highest BCUT2D eigenvalue weighted by Gasteiger charge is 2.19. The lowest BCUT2D eigenvalue weighted by atomic mass is 10.0. The van der Waals surface area contributed by atoms with Crippen LogP contribution in [0.3, 0.4) is 0 Å². The van der Waals surface area contributed by atoms with Crippen LogP contribution in [0.4, 0.5) is 0 Å². The van der Waals surface area contributed by atoms with E-state index < -0.39 is 6.10 Å². The van der Waals surface area contributed by atoms with Crippen LogP contribution in [0.1, 0.15) is 252 Å². The highest BCUT2D eigenvalue weighted by molar-refractivity contribution is 5.71. The van der Waals surface area contributed by atoms with Crippen molar-refractivity contribution in [2.45, 2.75) is 258 Å². The molecule has 0 heterocycles. The zero-order chi connectivity index (χ0) is 47.2. The van der Waals surface area contributed by atoms with Gasteiger partial charge in [0.2, 0.25) is 0 Å². The van der Waals surface area contributed by atoms with Crippen LogP contribution in [0.2, 0.25) is 0 Å². The Labute approximate surface area is 401 Å². The predicted octanol–water partition coefficient (Wildman–Crippen LogP) is 18.0. The van der Waals surface area contributed by atoms with Crippen molar-refractivity contribution >= 4 is 17.9 Å². The summed E-state index contributed by atoms with van der Waals surface area (Å²) >= 11 is 0. The van der Waals surface area contributed by atoms with Gasteiger partial charge in [0.25, 0.3) is 0 Å². The van der Waals surface area contributed by atoms with Gasteiger partial charge in [-0.15, -0.1) is 0 Å². The van der Waals surface area contributed by atoms with Crippen LogP contribution in [0.15, 0.2) is 85.1 Å². The first kappa shape index (κ1) is 61.6. The lowest BCUT2D eigenvalue weighted by Crippen LogP contribution is -2.30. The minimum absolute atomic E-state index is 0.0741. The van der Waals surface area contributed by atoms with E-state index in [0.717, 1.165) is 103 Å². The van der Waals surface area contributed by atoms with Crippen molar-refractivity contribution in [3.8, 4) is 0 Å². The summed E-state index contributed by atoms with van der Waals surface area (Å²) in [7, 11) is 0. The SMILES string of the molecule is CC/C=C\C/C=C\C/C=C\C/C=C\C/C=C\C/C=C\C/C=C\CCCCCCCCCCCCCCCC(=O)OCC(COC(=O)CCCCCCCC)OC(=O)CCCCCCCC. The Morgan fingerprint density at radius 2 is 0.600 bits per heavy atom. The van der Waals surface area contributed by atoms with Gasteiger partial charge in [0, 0.05) is 19.3 Å². The Hall–Kier alpha value is -3.41. The fourth-order valence-electron chi connectivity index (χ4n) is 7.36. The molecule has 65 heavy (non-hydrogen) atoms. The van der Waals surface area contributed by atoms with E-state index in [0.29, 0.717) is 19.3 Å². The molecule has 0 aromatic carbocycles. The van der Waals surface area contributed by atoms with Gasteiger partial charge in [0.1, 0.15) is 13.2 Å². The maximum atomic E-state index is 12.5. The average molecular weight is 905 g/mol. The van der Waals surface area contributed by atoms with Gasteiger partial charge in [-0.05, 0) is 77.0 Å². The second kappa shape index (κ2) is 53.2. The molecule has 0 aromatic heterocycles. The number of carbonyl (C=O) groups excluding carboxylic acids is 3. The fraction of sp³-hybridized carbons (Fsp3) is 0.712. The maximum absolute atomic E-state index is 12.5. The minimum Gasteiger partial charge on any atom is -0.462 e. The number of rotatable bonds is 48. The topological polar surface area (TPSA) is 78.9 Å². The maximum Gasteiger partial charge on any atom is 0.306 e. The predicted molar refractivity (Wildman–Crippen MR) is 279 cm³/mol. The average Bonchev–Trinajstić information content (AvgIpc) is 3.30. The monoisotopic (exact) mass is 905 g/mol. The van der Waals surface area contributed by atoms with Crippen molar-refractivity contribution in [1.29, 1.82) is 0 Å². The normalized spacial score (nSPS) is 12.7. The van der Waals surface area contributed by atoms with Crippen LogP contribution in [-0.4, -0.2) is 37.2 Å². The van der Waals surface area contributed by atoms with Gasteiger partial charge in [0.05, 0.1) is 0 Å². The molecule has 0 radical (unpaired) electrons. The van der Waals surface area contributed by atoms with Crippen LogP contribution >= 0.6 is 0 Å². The summed E-state index contributed by atoms with van der Waals surface area (Å²) in [6, 6.07) is 0. The van der Waals surface area contributed by atoms with Gasteiger partial charge < -0.3 is 14.2 Å². The van der Waals surface area contributed by atoms with Crippen LogP contribution < -0.4 is 0 Å². The third-order valence-electron chi connectivity index (χ3n) is 11.4. The number of esters is 3. The van der Waals surface area contributed by atoms with Crippen LogP contribution in [0.5, 0.6) is 0 Å². The van der Waals surface area contributed by atoms with E-state index in [9.17, 15) is 14.4 Å². The Kier molecular flexibility index (Phi) is 50.4. The van der Waals surface area contributed by atoms with Crippen molar-refractivity contribution in [2.24, 2.45) is 0 Å². The molecular weight excluding hydrogens is 805 g/mol. The first-order chi connectivity index (χ1) is 32.0. The molecule has 0 saturated carbocycles. The third-order valence-corrected chi connectivity index (χ3v) is 11.4. The molecule has 1 unspecified atom stereocenters. The van der Waals surface area contributed by atoms with Crippen LogP contribution in [0.25, 0.3) is 0 Å². The van der Waals surface area contributed by atoms with Crippen molar-refractivity contribution in [3.05, 3.63) is 85.1 Å². The molecule has 6 nitrogen and oxygen atoms in total. The molecule has 0 spiro atoms. The van der Waals surface area contributed by atoms with Gasteiger partial charge in [-0.25, -0.2) is 0 Å². The highest BCUT2D eigenvalue weighted by Crippen LogP contribution is 2.15. The number of unbranched alkanes of at least 4 members (excludes halogenated alkanes) is 23. The molecule has 0 amide bonds. The molecule has 0 rings (SSSR count). The summed E-state index contributed by atoms with van der Waals surface area (Å²) in [4.78, 5) is 37.4. The van der Waals surface area contributed by atoms with Gasteiger partial charge in [-0.3, -0.25) is 14.4 Å². The van der Waals surface area contributed by atoms with E-state index in [1.807, 2.05) is 0 Å². The summed E-state index contributed by atoms with van der Waals surface area (Å²) in [5.74, 6) is -0.895. The molecule has 1 atom stereocenters. The van der Waals surface area contributed by atoms with Crippen LogP contribution in [-0.2, 0) is 28.6 Å². The van der Waals surface area contributed by atoms with E-state index in [1.54, 1.807) is 0 Å². The van der Waals surface area contributed by atoms with Gasteiger partial charge >= 0.3 is 17.9 Å². The number of hydrogen-bond acceptors (Lipinski definition) is 6. The molecule has 0 saturated heterocycles. The largest absolute Gasteiger partial charge is 0.462 e. The first-order valence-electron chi connectivity index (χ1n) is 27.1. The van der Waals surface area contributed by atoms with Gasteiger partial charge in [-0.2, -0.15) is 0 Å². The molecule has 0 aromatic rings. The number of carbonyl (C=O) groups is 3. The molecule has 0 aliphatic heterocycles. The van der Waals surface area contributed by atoms with Crippen molar-refractivity contribution in [2.75, 3.05) is 13.2 Å². The summed E-state index contributed by atoms with van der Waals surface area (Å²) in [6.45, 7) is 6.39. The Morgan fingerprint density at radius 1 is 0.323 bits per heavy atom. The van der Waals surface area contributed by atoms with Crippen molar-refractivity contribution in [1.82, 2.24) is 0 Å². The second-order valence-corrected chi connectivity index (χ2v) is 17.8. The fourth-order valence-corrected chi connectivity index (χ4v) is 7.36. The summed E-state index contributed by atoms with van der Waals surface area (Å²) < 4.78 is 16.6. The van der Waals surface area contributed by atoms with E-state index in [2.05, 4.69) is 106 Å². The van der Waals surface area contributed by atoms with Gasteiger partial charge in [-0.1, -0.05) is 241 Å². The zero-order valence-electron chi connectivity index (χ0n) is 42.5. The standard InChI is InChI=1S/C59H100O6/c1-4-7-10-13-16-17-18-19-20-21-22-23-24-25-26-27-28-29-30-31-32-33-34-35-36-37-38-39-40-41-42-43-44-47-49-52-58(61)64-55-56(65-59(62)53-50-46-15-12-9-6-3)54-63-57(60)51-48-45-14-11-8-5-2/h7,10,16-17,19-20,22-23,25-26,28-29,31-32,56H,4-6,8-9,11-15,18,21,24,27,30,33-55H2,1-3H3/b10-7-,17-16-,20-19-,23-22-,26-25-,29-28-,32-31-. The Morgan fingerprint density at radius 3 is 0.938 bits per heavy atom. The van der Waals surface area contributed by atoms with Crippen molar-refractivity contribution in [3.63, 3.8) is 0 Å². The summed E-state index contributed by atoms with van der Waals surface area (Å²) in [5.41, 5.74) is 0. The smallest absolute Gasteiger partial charge is 0.306 e. The number of allylic oxidation sites excluding steroid dienone is 14. The number of ether oxygens (including phenoxy) is 3. The molecular formula is C59H100O6. The lowest BCUT2D eigenvalue weighted by Gasteiger charge is -2.18. The third kappa shape index (κ3) is 51.4. The summed E-state index contributed by atoms with van der Waals surface area (Å²) in [6.07, 6.45) is 69.4. The molecule has 0 fully saturated rings. The first-order valence-corrected chi connectivity index (χ1v) is 27.1. The molecule has 372 valence electrons. The zero-order valence-corrected chi connectivity index (χ0v) is 42.5.